The standard InChI is InChI=1S/C8H7N3O2/c9-5-2-6-4(1-7(5)12)8(13)11-3-10-6/h1-3,12H,9H2,(H,10,11,13). The molecular weight excluding hydrogens is 170 g/mol. The number of hydrogen-bond acceptors (Lipinski definition) is 4. The number of rotatable bonds is 0. The van der Waals surface area contributed by atoms with Gasteiger partial charge in [0, 0.05) is 0 Å². The average molecular weight is 177 g/mol. The summed E-state index contributed by atoms with van der Waals surface area (Å²) in [6.07, 6.45) is 1.29. The number of aromatic hydroxyl groups is 1. The molecule has 0 aliphatic carbocycles. The van der Waals surface area contributed by atoms with Gasteiger partial charge in [-0.1, -0.05) is 0 Å². The van der Waals surface area contributed by atoms with Gasteiger partial charge in [0.05, 0.1) is 22.9 Å². The lowest BCUT2D eigenvalue weighted by atomic mass is 10.2. The summed E-state index contributed by atoms with van der Waals surface area (Å²) in [4.78, 5) is 17.5. The normalized spacial score (nSPS) is 10.5. The number of nitrogens with zero attached hydrogens (tertiary/aromatic N) is 1. The molecule has 1 aromatic carbocycles. The Kier molecular flexibility index (Phi) is 1.45. The lowest BCUT2D eigenvalue weighted by Crippen LogP contribution is -2.06. The minimum atomic E-state index is -0.291. The zero-order valence-corrected chi connectivity index (χ0v) is 6.61. The largest absolute Gasteiger partial charge is 0.506 e. The molecule has 0 amide bonds. The lowest BCUT2D eigenvalue weighted by molar-refractivity contribution is 0.478. The van der Waals surface area contributed by atoms with E-state index in [1.807, 2.05) is 0 Å². The fraction of sp³-hybridized carbons (Fsp3) is 0. The average Bonchev–Trinajstić information content (AvgIpc) is 2.09. The number of nitrogens with two attached hydrogens (primary N) is 1. The van der Waals surface area contributed by atoms with E-state index in [1.165, 1.54) is 18.5 Å². The van der Waals surface area contributed by atoms with E-state index in [0.717, 1.165) is 0 Å². The third-order valence-electron chi connectivity index (χ3n) is 1.79. The molecule has 5 heteroatoms. The van der Waals surface area contributed by atoms with E-state index in [0.29, 0.717) is 10.9 Å². The van der Waals surface area contributed by atoms with Crippen molar-refractivity contribution in [2.24, 2.45) is 0 Å². The Morgan fingerprint density at radius 1 is 1.46 bits per heavy atom. The molecule has 2 rings (SSSR count). The first-order valence-electron chi connectivity index (χ1n) is 3.64. The van der Waals surface area contributed by atoms with E-state index >= 15 is 0 Å². The number of anilines is 1. The van der Waals surface area contributed by atoms with Crippen molar-refractivity contribution in [1.29, 1.82) is 0 Å². The van der Waals surface area contributed by atoms with Crippen molar-refractivity contribution in [3.63, 3.8) is 0 Å². The van der Waals surface area contributed by atoms with Crippen LogP contribution in [-0.4, -0.2) is 15.1 Å². The van der Waals surface area contributed by atoms with Crippen LogP contribution in [0.25, 0.3) is 10.9 Å². The molecule has 1 heterocycles. The minimum Gasteiger partial charge on any atom is -0.506 e. The SMILES string of the molecule is Nc1cc2nc[nH]c(=O)c2cc1O. The van der Waals surface area contributed by atoms with Crippen LogP contribution in [0.2, 0.25) is 0 Å². The van der Waals surface area contributed by atoms with Gasteiger partial charge in [0.2, 0.25) is 0 Å². The van der Waals surface area contributed by atoms with Crippen LogP contribution < -0.4 is 11.3 Å². The summed E-state index contributed by atoms with van der Waals surface area (Å²) in [7, 11) is 0. The highest BCUT2D eigenvalue weighted by molar-refractivity contribution is 5.83. The second-order valence-electron chi connectivity index (χ2n) is 2.66. The molecule has 0 aliphatic heterocycles. The molecule has 0 spiro atoms. The van der Waals surface area contributed by atoms with Crippen molar-refractivity contribution in [3.05, 3.63) is 28.8 Å². The molecule has 0 saturated carbocycles. The molecule has 4 N–H and O–H groups in total. The van der Waals surface area contributed by atoms with Gasteiger partial charge in [-0.15, -0.1) is 0 Å². The number of H-pyrrole nitrogens is 1. The highest BCUT2D eigenvalue weighted by Crippen LogP contribution is 2.22. The van der Waals surface area contributed by atoms with Crippen molar-refractivity contribution >= 4 is 16.6 Å². The number of aromatic nitrogens is 2. The zero-order chi connectivity index (χ0) is 9.42. The van der Waals surface area contributed by atoms with Crippen LogP contribution in [0.15, 0.2) is 23.3 Å². The molecule has 0 bridgehead atoms. The van der Waals surface area contributed by atoms with Gasteiger partial charge < -0.3 is 15.8 Å². The first-order valence-corrected chi connectivity index (χ1v) is 3.64. The second-order valence-corrected chi connectivity index (χ2v) is 2.66. The fourth-order valence-electron chi connectivity index (χ4n) is 1.12. The summed E-state index contributed by atoms with van der Waals surface area (Å²) in [5.41, 5.74) is 5.83. The highest BCUT2D eigenvalue weighted by atomic mass is 16.3. The molecule has 0 saturated heterocycles. The minimum absolute atomic E-state index is 0.106. The first kappa shape index (κ1) is 7.60. The Hall–Kier alpha value is -2.04. The van der Waals surface area contributed by atoms with Gasteiger partial charge >= 0.3 is 0 Å². The fourth-order valence-corrected chi connectivity index (χ4v) is 1.12. The van der Waals surface area contributed by atoms with Gasteiger partial charge in [0.15, 0.2) is 0 Å². The summed E-state index contributed by atoms with van der Waals surface area (Å²) in [6.45, 7) is 0. The maximum absolute atomic E-state index is 11.2. The molecule has 0 atom stereocenters. The maximum atomic E-state index is 11.2. The molecule has 0 radical (unpaired) electrons. The third kappa shape index (κ3) is 1.10. The Balaban J connectivity index is 2.97. The number of phenolic OH excluding ortho intramolecular Hbond substituents is 1. The lowest BCUT2D eigenvalue weighted by Gasteiger charge is -1.99. The molecular formula is C8H7N3O2. The monoisotopic (exact) mass is 177 g/mol. The number of phenols is 1. The van der Waals surface area contributed by atoms with E-state index in [4.69, 9.17) is 5.73 Å². The smallest absolute Gasteiger partial charge is 0.258 e. The molecule has 66 valence electrons. The molecule has 2 aromatic rings. The molecule has 5 nitrogen and oxygen atoms in total. The number of aromatic amines is 1. The maximum Gasteiger partial charge on any atom is 0.258 e. The van der Waals surface area contributed by atoms with Crippen molar-refractivity contribution in [2.45, 2.75) is 0 Å². The second kappa shape index (κ2) is 2.48. The number of benzene rings is 1. The third-order valence-corrected chi connectivity index (χ3v) is 1.79. The molecule has 0 fully saturated rings. The van der Waals surface area contributed by atoms with Crippen molar-refractivity contribution in [3.8, 4) is 5.75 Å². The van der Waals surface area contributed by atoms with E-state index < -0.39 is 0 Å². The van der Waals surface area contributed by atoms with Crippen LogP contribution in [-0.2, 0) is 0 Å². The Bertz CT molecular complexity index is 518. The Morgan fingerprint density at radius 3 is 3.00 bits per heavy atom. The predicted octanol–water partition coefficient (Wildman–Crippen LogP) is 0.211. The quantitative estimate of drug-likeness (QED) is 0.396. The highest BCUT2D eigenvalue weighted by Gasteiger charge is 2.03. The van der Waals surface area contributed by atoms with Crippen LogP contribution in [0.3, 0.4) is 0 Å². The Labute approximate surface area is 72.8 Å². The van der Waals surface area contributed by atoms with E-state index in [1.54, 1.807) is 0 Å². The summed E-state index contributed by atoms with van der Waals surface area (Å²) in [6, 6.07) is 2.76. The number of nitrogens with one attached hydrogen (secondary N) is 1. The van der Waals surface area contributed by atoms with Gasteiger partial charge in [-0.25, -0.2) is 4.98 Å². The van der Waals surface area contributed by atoms with Crippen LogP contribution in [0.4, 0.5) is 5.69 Å². The topological polar surface area (TPSA) is 92.0 Å². The number of fused-ring (bicyclic) bond motifs is 1. The van der Waals surface area contributed by atoms with Crippen molar-refractivity contribution in [1.82, 2.24) is 9.97 Å². The number of nitrogen functional groups attached to an aromatic ring is 1. The van der Waals surface area contributed by atoms with Crippen LogP contribution in [0, 0.1) is 0 Å². The van der Waals surface area contributed by atoms with Crippen molar-refractivity contribution in [2.75, 3.05) is 5.73 Å². The van der Waals surface area contributed by atoms with Gasteiger partial charge in [0.25, 0.3) is 5.56 Å². The summed E-state index contributed by atoms with van der Waals surface area (Å²) in [5, 5.41) is 9.56. The summed E-state index contributed by atoms with van der Waals surface area (Å²) >= 11 is 0. The zero-order valence-electron chi connectivity index (χ0n) is 6.61. The van der Waals surface area contributed by atoms with Gasteiger partial charge in [0.1, 0.15) is 5.75 Å². The van der Waals surface area contributed by atoms with Crippen LogP contribution in [0.1, 0.15) is 0 Å². The molecule has 1 aromatic heterocycles. The predicted molar refractivity (Wildman–Crippen MR) is 48.4 cm³/mol. The van der Waals surface area contributed by atoms with Gasteiger partial charge in [-0.2, -0.15) is 0 Å². The molecule has 13 heavy (non-hydrogen) atoms. The molecule has 0 unspecified atom stereocenters. The van der Waals surface area contributed by atoms with Crippen LogP contribution >= 0.6 is 0 Å². The van der Waals surface area contributed by atoms with Crippen LogP contribution in [0.5, 0.6) is 5.75 Å². The van der Waals surface area contributed by atoms with E-state index in [-0.39, 0.29) is 17.0 Å². The number of hydrogen-bond donors (Lipinski definition) is 3. The summed E-state index contributed by atoms with van der Waals surface area (Å²) < 4.78 is 0. The van der Waals surface area contributed by atoms with Gasteiger partial charge in [-0.3, -0.25) is 4.79 Å². The summed E-state index contributed by atoms with van der Waals surface area (Å²) in [5.74, 6) is -0.106. The molecule has 0 aliphatic rings. The Morgan fingerprint density at radius 2 is 2.23 bits per heavy atom. The first-order chi connectivity index (χ1) is 6.18. The van der Waals surface area contributed by atoms with Crippen molar-refractivity contribution < 1.29 is 5.11 Å². The van der Waals surface area contributed by atoms with E-state index in [9.17, 15) is 9.90 Å². The van der Waals surface area contributed by atoms with E-state index in [2.05, 4.69) is 9.97 Å². The van der Waals surface area contributed by atoms with Gasteiger partial charge in [-0.05, 0) is 12.1 Å².